The molecule has 0 spiro atoms. The third-order valence-corrected chi connectivity index (χ3v) is 5.30. The SMILES string of the molecule is O=C1/C=C\C(=O)ON2OC(=O)/C=C\C(=O)ON(CC2CCC(c2ccccc2)c2ccccc2)O1. The van der Waals surface area contributed by atoms with Crippen LogP contribution in [-0.4, -0.2) is 46.9 Å². The van der Waals surface area contributed by atoms with E-state index in [1.54, 1.807) is 0 Å². The molecule has 2 aromatic carbocycles. The minimum absolute atomic E-state index is 0.0488. The highest BCUT2D eigenvalue weighted by Crippen LogP contribution is 2.31. The smallest absolute Gasteiger partial charge is 0.329 e. The summed E-state index contributed by atoms with van der Waals surface area (Å²) >= 11 is 0. The molecule has 4 rings (SSSR count). The Kier molecular flexibility index (Phi) is 7.66. The topological polar surface area (TPSA) is 112 Å². The van der Waals surface area contributed by atoms with Crippen molar-refractivity contribution < 1.29 is 38.5 Å². The Morgan fingerprint density at radius 3 is 1.54 bits per heavy atom. The fourth-order valence-electron chi connectivity index (χ4n) is 3.72. The van der Waals surface area contributed by atoms with Gasteiger partial charge < -0.3 is 19.4 Å². The largest absolute Gasteiger partial charge is 0.353 e. The van der Waals surface area contributed by atoms with Crippen molar-refractivity contribution in [1.82, 2.24) is 10.5 Å². The van der Waals surface area contributed by atoms with Crippen LogP contribution < -0.4 is 0 Å². The summed E-state index contributed by atoms with van der Waals surface area (Å²) in [5.41, 5.74) is 2.11. The molecule has 2 aliphatic heterocycles. The molecule has 0 saturated heterocycles. The van der Waals surface area contributed by atoms with Crippen molar-refractivity contribution in [2.45, 2.75) is 24.8 Å². The van der Waals surface area contributed by atoms with Crippen LogP contribution in [0.4, 0.5) is 0 Å². The number of nitrogens with zero attached hydrogens (tertiary/aromatic N) is 2. The highest BCUT2D eigenvalue weighted by atomic mass is 17.0. The van der Waals surface area contributed by atoms with E-state index in [2.05, 4.69) is 0 Å². The Morgan fingerprint density at radius 2 is 1.09 bits per heavy atom. The predicted octanol–water partition coefficient (Wildman–Crippen LogP) is 2.54. The van der Waals surface area contributed by atoms with Crippen LogP contribution in [0.2, 0.25) is 0 Å². The predicted molar refractivity (Wildman–Crippen MR) is 119 cm³/mol. The summed E-state index contributed by atoms with van der Waals surface area (Å²) in [7, 11) is 0. The van der Waals surface area contributed by atoms with Gasteiger partial charge in [0, 0.05) is 40.7 Å². The van der Waals surface area contributed by atoms with E-state index in [4.69, 9.17) is 19.4 Å². The standard InChI is InChI=1S/C25H22N2O8/c28-22-13-15-24(30)34-27-20(17-26(32-22)33-23(29)14-16-25(31)35-27)11-12-21(18-7-3-1-4-8-18)19-9-5-2-6-10-19/h1-10,13-16,20-21H,11-12,17H2/b15-13-,16-14-. The zero-order chi connectivity index (χ0) is 24.6. The van der Waals surface area contributed by atoms with Crippen LogP contribution in [0, 0.1) is 0 Å². The molecular formula is C25H22N2O8. The molecule has 2 aliphatic rings. The van der Waals surface area contributed by atoms with Crippen molar-refractivity contribution in [2.24, 2.45) is 0 Å². The second-order valence-corrected chi connectivity index (χ2v) is 7.71. The summed E-state index contributed by atoms with van der Waals surface area (Å²) in [5.74, 6) is -3.85. The summed E-state index contributed by atoms with van der Waals surface area (Å²) in [5, 5.41) is 1.42. The van der Waals surface area contributed by atoms with Crippen LogP contribution in [0.15, 0.2) is 85.0 Å². The van der Waals surface area contributed by atoms with E-state index in [-0.39, 0.29) is 18.9 Å². The summed E-state index contributed by atoms with van der Waals surface area (Å²) < 4.78 is 0. The van der Waals surface area contributed by atoms with Gasteiger partial charge in [0.15, 0.2) is 0 Å². The Balaban J connectivity index is 1.65. The minimum Gasteiger partial charge on any atom is -0.329 e. The van der Waals surface area contributed by atoms with E-state index in [1.807, 2.05) is 60.7 Å². The average molecular weight is 478 g/mol. The average Bonchev–Trinajstić information content (AvgIpc) is 2.86. The van der Waals surface area contributed by atoms with Gasteiger partial charge in [0.25, 0.3) is 0 Å². The van der Waals surface area contributed by atoms with Crippen LogP contribution in [0.1, 0.15) is 29.9 Å². The number of hydroxylamine groups is 4. The zero-order valence-corrected chi connectivity index (χ0v) is 18.5. The van der Waals surface area contributed by atoms with Gasteiger partial charge in [-0.15, -0.1) is 0 Å². The Bertz CT molecular complexity index is 1050. The van der Waals surface area contributed by atoms with Crippen molar-refractivity contribution in [2.75, 3.05) is 6.54 Å². The molecule has 0 saturated carbocycles. The molecule has 35 heavy (non-hydrogen) atoms. The van der Waals surface area contributed by atoms with Gasteiger partial charge in [0.05, 0.1) is 6.54 Å². The Hall–Kier alpha value is -4.28. The molecule has 2 aromatic rings. The molecular weight excluding hydrogens is 456 g/mol. The van der Waals surface area contributed by atoms with Crippen LogP contribution in [0.5, 0.6) is 0 Å². The molecule has 0 fully saturated rings. The van der Waals surface area contributed by atoms with Gasteiger partial charge >= 0.3 is 23.9 Å². The van der Waals surface area contributed by atoms with Gasteiger partial charge in [-0.3, -0.25) is 0 Å². The van der Waals surface area contributed by atoms with Crippen molar-refractivity contribution in [3.63, 3.8) is 0 Å². The first kappa shape index (κ1) is 23.9. The van der Waals surface area contributed by atoms with E-state index in [0.29, 0.717) is 11.6 Å². The molecule has 0 amide bonds. The van der Waals surface area contributed by atoms with Gasteiger partial charge in [-0.05, 0) is 24.0 Å². The van der Waals surface area contributed by atoms with E-state index in [0.717, 1.165) is 40.7 Å². The lowest BCUT2D eigenvalue weighted by molar-refractivity contribution is -0.372. The third-order valence-electron chi connectivity index (χ3n) is 5.30. The minimum atomic E-state index is -0.952. The monoisotopic (exact) mass is 478 g/mol. The summed E-state index contributed by atoms with van der Waals surface area (Å²) in [6, 6.07) is 18.8. The molecule has 10 heteroatoms. The number of benzene rings is 2. The van der Waals surface area contributed by atoms with E-state index >= 15 is 0 Å². The number of fused-ring (bicyclic) bond motifs is 3. The summed E-state index contributed by atoms with van der Waals surface area (Å²) in [4.78, 5) is 69.0. The molecule has 1 unspecified atom stereocenters. The molecule has 0 aliphatic carbocycles. The van der Waals surface area contributed by atoms with Crippen LogP contribution in [0.3, 0.4) is 0 Å². The zero-order valence-electron chi connectivity index (χ0n) is 18.5. The molecule has 0 aromatic heterocycles. The van der Waals surface area contributed by atoms with E-state index < -0.39 is 29.9 Å². The first-order valence-corrected chi connectivity index (χ1v) is 10.9. The molecule has 1 atom stereocenters. The highest BCUT2D eigenvalue weighted by Gasteiger charge is 2.34. The normalized spacial score (nSPS) is 24.5. The molecule has 0 N–H and O–H groups in total. The van der Waals surface area contributed by atoms with Crippen molar-refractivity contribution in [3.8, 4) is 0 Å². The van der Waals surface area contributed by atoms with E-state index in [1.165, 1.54) is 0 Å². The van der Waals surface area contributed by atoms with Gasteiger partial charge in [0.1, 0.15) is 6.04 Å². The first-order valence-electron chi connectivity index (χ1n) is 10.9. The molecule has 2 bridgehead atoms. The van der Waals surface area contributed by atoms with Crippen LogP contribution in [0.25, 0.3) is 0 Å². The fourth-order valence-corrected chi connectivity index (χ4v) is 3.72. The lowest BCUT2D eigenvalue weighted by atomic mass is 9.86. The Morgan fingerprint density at radius 1 is 0.657 bits per heavy atom. The van der Waals surface area contributed by atoms with Gasteiger partial charge in [-0.25, -0.2) is 19.2 Å². The second kappa shape index (κ2) is 11.2. The number of hydrogen-bond donors (Lipinski definition) is 0. The number of carbonyl (C=O) groups is 4. The van der Waals surface area contributed by atoms with Gasteiger partial charge in [-0.1, -0.05) is 60.7 Å². The lowest BCUT2D eigenvalue weighted by Gasteiger charge is -2.31. The molecule has 2 heterocycles. The lowest BCUT2D eigenvalue weighted by Crippen LogP contribution is -2.47. The number of rotatable bonds is 5. The second-order valence-electron chi connectivity index (χ2n) is 7.71. The number of carbonyl (C=O) groups excluding carboxylic acids is 4. The summed E-state index contributed by atoms with van der Waals surface area (Å²) in [6.45, 7) is -0.268. The third kappa shape index (κ3) is 6.62. The maximum atomic E-state index is 12.2. The van der Waals surface area contributed by atoms with Crippen molar-refractivity contribution in [1.29, 1.82) is 0 Å². The molecule has 0 radical (unpaired) electrons. The quantitative estimate of drug-likeness (QED) is 0.636. The number of hydrogen-bond acceptors (Lipinski definition) is 10. The van der Waals surface area contributed by atoms with Gasteiger partial charge in [-0.2, -0.15) is 0 Å². The highest BCUT2D eigenvalue weighted by molar-refractivity contribution is 5.92. The maximum absolute atomic E-state index is 12.2. The Labute approximate surface area is 200 Å². The van der Waals surface area contributed by atoms with Gasteiger partial charge in [0.2, 0.25) is 0 Å². The van der Waals surface area contributed by atoms with Crippen molar-refractivity contribution >= 4 is 23.9 Å². The van der Waals surface area contributed by atoms with E-state index in [9.17, 15) is 19.2 Å². The van der Waals surface area contributed by atoms with Crippen LogP contribution in [-0.2, 0) is 38.5 Å². The molecule has 180 valence electrons. The first-order chi connectivity index (χ1) is 17.0. The van der Waals surface area contributed by atoms with Crippen LogP contribution >= 0.6 is 0 Å². The van der Waals surface area contributed by atoms with Crippen molar-refractivity contribution in [3.05, 3.63) is 96.1 Å². The fraction of sp³-hybridized carbons (Fsp3) is 0.200. The maximum Gasteiger partial charge on any atom is 0.353 e. The molecule has 10 nitrogen and oxygen atoms in total. The summed E-state index contributed by atoms with van der Waals surface area (Å²) in [6.07, 6.45) is 4.02.